The fourth-order valence-corrected chi connectivity index (χ4v) is 4.94. The van der Waals surface area contributed by atoms with E-state index in [0.717, 1.165) is 41.5 Å². The molecule has 0 atom stereocenters. The zero-order valence-electron chi connectivity index (χ0n) is 18.8. The molecule has 2 fully saturated rings. The number of hydrogen-bond acceptors (Lipinski definition) is 6. The molecule has 3 aromatic rings. The number of likely N-dealkylation sites (tertiary alicyclic amines) is 1. The third-order valence-electron chi connectivity index (χ3n) is 6.68. The summed E-state index contributed by atoms with van der Waals surface area (Å²) in [5.74, 6) is 0.0351. The zero-order valence-corrected chi connectivity index (χ0v) is 20.4. The molecule has 0 saturated carbocycles. The average Bonchev–Trinajstić information content (AvgIpc) is 3.36. The highest BCUT2D eigenvalue weighted by Gasteiger charge is 2.31. The molecule has 0 spiro atoms. The molecular weight excluding hydrogens is 500 g/mol. The Hall–Kier alpha value is -2.98. The van der Waals surface area contributed by atoms with E-state index in [0.29, 0.717) is 43.3 Å². The number of rotatable bonds is 4. The molecule has 34 heavy (non-hydrogen) atoms. The Morgan fingerprint density at radius 2 is 1.62 bits per heavy atom. The number of hydrogen-bond donors (Lipinski definition) is 1. The predicted molar refractivity (Wildman–Crippen MR) is 130 cm³/mol. The molecule has 2 saturated heterocycles. The third-order valence-corrected chi connectivity index (χ3v) is 7.21. The normalized spacial score (nSPS) is 17.8. The first-order valence-electron chi connectivity index (χ1n) is 11.6. The first-order chi connectivity index (χ1) is 16.6. The van der Waals surface area contributed by atoms with Gasteiger partial charge in [-0.05, 0) is 48.7 Å². The molecule has 10 heteroatoms. The van der Waals surface area contributed by atoms with Gasteiger partial charge in [0.2, 0.25) is 0 Å². The van der Waals surface area contributed by atoms with E-state index in [-0.39, 0.29) is 18.6 Å². The van der Waals surface area contributed by atoms with Crippen LogP contribution in [0.5, 0.6) is 0 Å². The van der Waals surface area contributed by atoms with Crippen molar-refractivity contribution in [2.45, 2.75) is 25.5 Å². The average molecular weight is 527 g/mol. The van der Waals surface area contributed by atoms with Crippen LogP contribution >= 0.6 is 15.9 Å². The summed E-state index contributed by atoms with van der Waals surface area (Å²) in [6.45, 7) is 4.76. The predicted octanol–water partition coefficient (Wildman–Crippen LogP) is 3.28. The lowest BCUT2D eigenvalue weighted by Crippen LogP contribution is -2.54. The van der Waals surface area contributed by atoms with Crippen molar-refractivity contribution in [1.82, 2.24) is 30.1 Å². The smallest absolute Gasteiger partial charge is 0.410 e. The van der Waals surface area contributed by atoms with Crippen LogP contribution < -0.4 is 0 Å². The molecule has 2 aliphatic heterocycles. The van der Waals surface area contributed by atoms with Crippen LogP contribution in [-0.2, 0) is 11.3 Å². The molecule has 0 unspecified atom stereocenters. The number of fused-ring (bicyclic) bond motifs is 1. The second-order valence-corrected chi connectivity index (χ2v) is 9.67. The largest absolute Gasteiger partial charge is 0.445 e. The van der Waals surface area contributed by atoms with Crippen LogP contribution in [0.4, 0.5) is 4.79 Å². The number of aromatic amines is 1. The molecule has 178 valence electrons. The maximum absolute atomic E-state index is 12.9. The van der Waals surface area contributed by atoms with Gasteiger partial charge in [-0.15, -0.1) is 0 Å². The van der Waals surface area contributed by atoms with E-state index < -0.39 is 0 Å². The topological polar surface area (TPSA) is 94.7 Å². The highest BCUT2D eigenvalue weighted by atomic mass is 79.9. The van der Waals surface area contributed by atoms with E-state index in [1.807, 2.05) is 41.3 Å². The number of ether oxygens (including phenoxy) is 1. The molecule has 0 aliphatic carbocycles. The van der Waals surface area contributed by atoms with Crippen molar-refractivity contribution in [2.75, 3.05) is 39.3 Å². The van der Waals surface area contributed by atoms with Crippen LogP contribution in [-0.4, -0.2) is 87.4 Å². The van der Waals surface area contributed by atoms with E-state index in [9.17, 15) is 9.59 Å². The number of nitrogens with one attached hydrogen (secondary N) is 1. The van der Waals surface area contributed by atoms with E-state index in [1.54, 1.807) is 11.0 Å². The van der Waals surface area contributed by atoms with Crippen LogP contribution in [0.25, 0.3) is 11.0 Å². The molecule has 2 amide bonds. The number of halogens is 1. The summed E-state index contributed by atoms with van der Waals surface area (Å²) in [5.41, 5.74) is 3.07. The summed E-state index contributed by atoms with van der Waals surface area (Å²) >= 11 is 3.41. The van der Waals surface area contributed by atoms with Crippen LogP contribution in [0, 0.1) is 0 Å². The molecule has 3 heterocycles. The molecule has 1 N–H and O–H groups in total. The molecule has 5 rings (SSSR count). The number of carbonyl (C=O) groups is 2. The van der Waals surface area contributed by atoms with Gasteiger partial charge < -0.3 is 14.5 Å². The Labute approximate surface area is 206 Å². The monoisotopic (exact) mass is 526 g/mol. The van der Waals surface area contributed by atoms with Gasteiger partial charge in [0.1, 0.15) is 17.6 Å². The first-order valence-corrected chi connectivity index (χ1v) is 12.4. The summed E-state index contributed by atoms with van der Waals surface area (Å²) in [6.07, 6.45) is 1.59. The van der Waals surface area contributed by atoms with Gasteiger partial charge in [0.15, 0.2) is 0 Å². The molecule has 9 nitrogen and oxygen atoms in total. The summed E-state index contributed by atoms with van der Waals surface area (Å²) in [5, 5.41) is 10.7. The number of piperazine rings is 1. The van der Waals surface area contributed by atoms with Crippen molar-refractivity contribution >= 4 is 39.0 Å². The minimum atomic E-state index is -0.249. The second kappa shape index (κ2) is 10.1. The minimum Gasteiger partial charge on any atom is -0.445 e. The van der Waals surface area contributed by atoms with Gasteiger partial charge in [-0.1, -0.05) is 28.1 Å². The second-order valence-electron chi connectivity index (χ2n) is 8.75. The number of carbonyl (C=O) groups excluding carboxylic acids is 2. The van der Waals surface area contributed by atoms with E-state index in [1.165, 1.54) is 0 Å². The third kappa shape index (κ3) is 5.07. The fraction of sp³-hybridized carbons (Fsp3) is 0.417. The van der Waals surface area contributed by atoms with Crippen molar-refractivity contribution in [2.24, 2.45) is 0 Å². The molecule has 0 bridgehead atoms. The first kappa shape index (κ1) is 22.8. The lowest BCUT2D eigenvalue weighted by atomic mass is 10.0. The standard InChI is InChI=1S/C24H27BrN6O3/c25-19-4-1-17(2-5-19)16-34-24(33)31-9-7-20(8-10-31)29-11-13-30(14-12-29)23(32)18-3-6-21-22(15-18)27-28-26-21/h1-6,15,20H,7-14,16H2,(H,26,27,28). The van der Waals surface area contributed by atoms with Gasteiger partial charge >= 0.3 is 6.09 Å². The number of amides is 2. The number of nitrogens with zero attached hydrogens (tertiary/aromatic N) is 5. The van der Waals surface area contributed by atoms with Crippen molar-refractivity contribution in [3.8, 4) is 0 Å². The Kier molecular flexibility index (Phi) is 6.77. The lowest BCUT2D eigenvalue weighted by Gasteiger charge is -2.42. The summed E-state index contributed by atoms with van der Waals surface area (Å²) in [7, 11) is 0. The summed E-state index contributed by atoms with van der Waals surface area (Å²) < 4.78 is 6.50. The number of piperidine rings is 1. The lowest BCUT2D eigenvalue weighted by molar-refractivity contribution is 0.0401. The number of H-pyrrole nitrogens is 1. The Balaban J connectivity index is 1.07. The molecule has 1 aromatic heterocycles. The van der Waals surface area contributed by atoms with Crippen LogP contribution in [0.1, 0.15) is 28.8 Å². The molecule has 2 aromatic carbocycles. The van der Waals surface area contributed by atoms with Crippen molar-refractivity contribution in [3.63, 3.8) is 0 Å². The van der Waals surface area contributed by atoms with Gasteiger partial charge in [-0.3, -0.25) is 9.69 Å². The van der Waals surface area contributed by atoms with Gasteiger partial charge in [0.05, 0.1) is 0 Å². The Morgan fingerprint density at radius 1 is 0.912 bits per heavy atom. The van der Waals surface area contributed by atoms with E-state index >= 15 is 0 Å². The molecule has 0 radical (unpaired) electrons. The van der Waals surface area contributed by atoms with Gasteiger partial charge in [-0.2, -0.15) is 15.4 Å². The maximum atomic E-state index is 12.9. The van der Waals surface area contributed by atoms with Crippen molar-refractivity contribution in [1.29, 1.82) is 0 Å². The Morgan fingerprint density at radius 3 is 2.35 bits per heavy atom. The van der Waals surface area contributed by atoms with E-state index in [4.69, 9.17) is 4.74 Å². The van der Waals surface area contributed by atoms with Crippen LogP contribution in [0.3, 0.4) is 0 Å². The highest BCUT2D eigenvalue weighted by Crippen LogP contribution is 2.21. The van der Waals surface area contributed by atoms with Crippen LogP contribution in [0.15, 0.2) is 46.9 Å². The van der Waals surface area contributed by atoms with Gasteiger partial charge in [0.25, 0.3) is 5.91 Å². The molecular formula is C24H27BrN6O3. The SMILES string of the molecule is O=C(OCc1ccc(Br)cc1)N1CCC(N2CCN(C(=O)c3ccc4n[nH]nc4c3)CC2)CC1. The molecule has 2 aliphatic rings. The fourth-order valence-electron chi connectivity index (χ4n) is 4.68. The Bertz CT molecular complexity index is 1150. The summed E-state index contributed by atoms with van der Waals surface area (Å²) in [6, 6.07) is 13.6. The van der Waals surface area contributed by atoms with E-state index in [2.05, 4.69) is 36.2 Å². The van der Waals surface area contributed by atoms with Crippen molar-refractivity contribution < 1.29 is 14.3 Å². The van der Waals surface area contributed by atoms with Crippen LogP contribution in [0.2, 0.25) is 0 Å². The highest BCUT2D eigenvalue weighted by molar-refractivity contribution is 9.10. The van der Waals surface area contributed by atoms with Gasteiger partial charge in [-0.25, -0.2) is 4.79 Å². The van der Waals surface area contributed by atoms with Crippen molar-refractivity contribution in [3.05, 3.63) is 58.1 Å². The maximum Gasteiger partial charge on any atom is 0.410 e. The van der Waals surface area contributed by atoms with Gasteiger partial charge in [0, 0.05) is 55.3 Å². The zero-order chi connectivity index (χ0) is 23.5. The minimum absolute atomic E-state index is 0.0351. The summed E-state index contributed by atoms with van der Waals surface area (Å²) in [4.78, 5) is 31.6. The number of aromatic nitrogens is 3. The number of benzene rings is 2. The quantitative estimate of drug-likeness (QED) is 0.560.